The van der Waals surface area contributed by atoms with Gasteiger partial charge in [-0.15, -0.1) is 0 Å². The summed E-state index contributed by atoms with van der Waals surface area (Å²) in [6.45, 7) is 11.8. The first kappa shape index (κ1) is 17.4. The normalized spacial score (nSPS) is 22.2. The topological polar surface area (TPSA) is 58.8 Å². The number of methoxy groups -OCH3 is 1. The lowest BCUT2D eigenvalue weighted by molar-refractivity contribution is -0.146. The standard InChI is InChI=1S/C15H31N3O2/c1-5-13(2)18-11-9-17(10-12-18)8-6-7-15(3,16)14(19)20-4/h13H,5-12,16H2,1-4H3. The molecule has 118 valence electrons. The molecule has 5 nitrogen and oxygen atoms in total. The fourth-order valence-corrected chi connectivity index (χ4v) is 2.69. The summed E-state index contributed by atoms with van der Waals surface area (Å²) in [7, 11) is 1.39. The third-order valence-electron chi connectivity index (χ3n) is 4.44. The summed E-state index contributed by atoms with van der Waals surface area (Å²) >= 11 is 0. The molecule has 0 bridgehead atoms. The first-order chi connectivity index (χ1) is 9.40. The molecule has 2 N–H and O–H groups in total. The summed E-state index contributed by atoms with van der Waals surface area (Å²) in [5, 5.41) is 0. The van der Waals surface area contributed by atoms with E-state index in [2.05, 4.69) is 23.6 Å². The second kappa shape index (κ2) is 7.96. The van der Waals surface area contributed by atoms with Gasteiger partial charge in [-0.05, 0) is 39.7 Å². The second-order valence-electron chi connectivity index (χ2n) is 6.15. The maximum Gasteiger partial charge on any atom is 0.325 e. The van der Waals surface area contributed by atoms with Crippen LogP contribution in [0.4, 0.5) is 0 Å². The number of carbonyl (C=O) groups excluding carboxylic acids is 1. The van der Waals surface area contributed by atoms with E-state index in [1.807, 2.05) is 0 Å². The van der Waals surface area contributed by atoms with Crippen molar-refractivity contribution in [3.63, 3.8) is 0 Å². The predicted octanol–water partition coefficient (Wildman–Crippen LogP) is 1.07. The summed E-state index contributed by atoms with van der Waals surface area (Å²) in [4.78, 5) is 16.5. The monoisotopic (exact) mass is 285 g/mol. The molecular weight excluding hydrogens is 254 g/mol. The van der Waals surface area contributed by atoms with Crippen molar-refractivity contribution in [3.05, 3.63) is 0 Å². The number of nitrogens with two attached hydrogens (primary N) is 1. The number of esters is 1. The maximum absolute atomic E-state index is 11.5. The van der Waals surface area contributed by atoms with Gasteiger partial charge >= 0.3 is 5.97 Å². The quantitative estimate of drug-likeness (QED) is 0.709. The van der Waals surface area contributed by atoms with Crippen molar-refractivity contribution < 1.29 is 9.53 Å². The van der Waals surface area contributed by atoms with Gasteiger partial charge in [0, 0.05) is 32.2 Å². The molecule has 1 rings (SSSR count). The van der Waals surface area contributed by atoms with E-state index >= 15 is 0 Å². The van der Waals surface area contributed by atoms with Gasteiger partial charge in [0.2, 0.25) is 0 Å². The highest BCUT2D eigenvalue weighted by Crippen LogP contribution is 2.13. The van der Waals surface area contributed by atoms with E-state index in [4.69, 9.17) is 10.5 Å². The van der Waals surface area contributed by atoms with Crippen LogP contribution >= 0.6 is 0 Å². The van der Waals surface area contributed by atoms with E-state index in [9.17, 15) is 4.79 Å². The molecule has 0 amide bonds. The van der Waals surface area contributed by atoms with Gasteiger partial charge in [0.25, 0.3) is 0 Å². The van der Waals surface area contributed by atoms with Gasteiger partial charge in [0.1, 0.15) is 5.54 Å². The van der Waals surface area contributed by atoms with Crippen molar-refractivity contribution in [2.24, 2.45) is 5.73 Å². The largest absolute Gasteiger partial charge is 0.468 e. The molecule has 0 aliphatic carbocycles. The Morgan fingerprint density at radius 2 is 1.95 bits per heavy atom. The van der Waals surface area contributed by atoms with Crippen LogP contribution in [0, 0.1) is 0 Å². The Balaban J connectivity index is 2.23. The van der Waals surface area contributed by atoms with Gasteiger partial charge < -0.3 is 15.4 Å². The SMILES string of the molecule is CCC(C)N1CCN(CCCC(C)(N)C(=O)OC)CC1. The third kappa shape index (κ3) is 5.04. The van der Waals surface area contributed by atoms with E-state index in [0.717, 1.165) is 39.1 Å². The zero-order valence-electron chi connectivity index (χ0n) is 13.5. The lowest BCUT2D eigenvalue weighted by Gasteiger charge is -2.38. The van der Waals surface area contributed by atoms with Crippen LogP contribution in [0.2, 0.25) is 0 Å². The molecule has 5 heteroatoms. The Morgan fingerprint density at radius 3 is 2.45 bits per heavy atom. The summed E-state index contributed by atoms with van der Waals surface area (Å²) in [5.41, 5.74) is 5.11. The molecular formula is C15H31N3O2. The molecule has 1 aliphatic rings. The van der Waals surface area contributed by atoms with Gasteiger partial charge in [-0.2, -0.15) is 0 Å². The minimum Gasteiger partial charge on any atom is -0.468 e. The van der Waals surface area contributed by atoms with Crippen molar-refractivity contribution in [2.75, 3.05) is 39.8 Å². The molecule has 0 aromatic carbocycles. The summed E-state index contributed by atoms with van der Waals surface area (Å²) in [6, 6.07) is 0.684. The van der Waals surface area contributed by atoms with Crippen LogP contribution in [0.15, 0.2) is 0 Å². The van der Waals surface area contributed by atoms with Crippen molar-refractivity contribution >= 4 is 5.97 Å². The molecule has 2 atom stereocenters. The minimum absolute atomic E-state index is 0.320. The van der Waals surface area contributed by atoms with Crippen LogP contribution in [-0.4, -0.2) is 67.2 Å². The minimum atomic E-state index is -0.854. The van der Waals surface area contributed by atoms with E-state index in [1.54, 1.807) is 6.92 Å². The number of hydrogen-bond donors (Lipinski definition) is 1. The second-order valence-corrected chi connectivity index (χ2v) is 6.15. The van der Waals surface area contributed by atoms with Crippen molar-refractivity contribution in [1.82, 2.24) is 9.80 Å². The van der Waals surface area contributed by atoms with Crippen LogP contribution in [0.25, 0.3) is 0 Å². The average molecular weight is 285 g/mol. The molecule has 1 heterocycles. The summed E-state index contributed by atoms with van der Waals surface area (Å²) < 4.78 is 4.73. The number of rotatable bonds is 7. The Kier molecular flexibility index (Phi) is 6.92. The van der Waals surface area contributed by atoms with Crippen LogP contribution in [-0.2, 0) is 9.53 Å². The van der Waals surface area contributed by atoms with Gasteiger partial charge in [-0.3, -0.25) is 9.69 Å². The van der Waals surface area contributed by atoms with Gasteiger partial charge in [-0.1, -0.05) is 6.92 Å². The molecule has 0 radical (unpaired) electrons. The predicted molar refractivity (Wildman–Crippen MR) is 81.6 cm³/mol. The van der Waals surface area contributed by atoms with Crippen molar-refractivity contribution in [3.8, 4) is 0 Å². The van der Waals surface area contributed by atoms with E-state index < -0.39 is 5.54 Å². The molecule has 1 fully saturated rings. The third-order valence-corrected chi connectivity index (χ3v) is 4.44. The first-order valence-electron chi connectivity index (χ1n) is 7.74. The molecule has 0 aromatic rings. The fourth-order valence-electron chi connectivity index (χ4n) is 2.69. The van der Waals surface area contributed by atoms with E-state index in [-0.39, 0.29) is 5.97 Å². The molecule has 0 saturated carbocycles. The van der Waals surface area contributed by atoms with Crippen LogP contribution in [0.1, 0.15) is 40.0 Å². The molecule has 20 heavy (non-hydrogen) atoms. The zero-order chi connectivity index (χ0) is 15.2. The number of hydrogen-bond acceptors (Lipinski definition) is 5. The van der Waals surface area contributed by atoms with Crippen molar-refractivity contribution in [2.45, 2.75) is 51.6 Å². The highest BCUT2D eigenvalue weighted by atomic mass is 16.5. The smallest absolute Gasteiger partial charge is 0.325 e. The molecule has 0 aromatic heterocycles. The van der Waals surface area contributed by atoms with Crippen LogP contribution in [0.3, 0.4) is 0 Å². The Hall–Kier alpha value is -0.650. The zero-order valence-corrected chi connectivity index (χ0v) is 13.5. The Bertz CT molecular complexity index is 299. The Morgan fingerprint density at radius 1 is 1.35 bits per heavy atom. The lowest BCUT2D eigenvalue weighted by Crippen LogP contribution is -2.50. The molecule has 0 spiro atoms. The molecule has 1 aliphatic heterocycles. The van der Waals surface area contributed by atoms with E-state index in [0.29, 0.717) is 12.5 Å². The number of nitrogens with zero attached hydrogens (tertiary/aromatic N) is 2. The first-order valence-corrected chi connectivity index (χ1v) is 7.74. The fraction of sp³-hybridized carbons (Fsp3) is 0.933. The van der Waals surface area contributed by atoms with Gasteiger partial charge in [-0.25, -0.2) is 0 Å². The highest BCUT2D eigenvalue weighted by Gasteiger charge is 2.29. The van der Waals surface area contributed by atoms with Gasteiger partial charge in [0.05, 0.1) is 7.11 Å². The summed E-state index contributed by atoms with van der Waals surface area (Å²) in [5.74, 6) is -0.320. The highest BCUT2D eigenvalue weighted by molar-refractivity contribution is 5.79. The Labute approximate surface area is 123 Å². The lowest BCUT2D eigenvalue weighted by atomic mass is 9.97. The summed E-state index contributed by atoms with van der Waals surface area (Å²) in [6.07, 6.45) is 2.82. The number of ether oxygens (including phenoxy) is 1. The van der Waals surface area contributed by atoms with Crippen LogP contribution < -0.4 is 5.73 Å². The molecule has 1 saturated heterocycles. The maximum atomic E-state index is 11.5. The average Bonchev–Trinajstić information content (AvgIpc) is 2.46. The number of carbonyl (C=O) groups is 1. The number of piperazine rings is 1. The van der Waals surface area contributed by atoms with Gasteiger partial charge in [0.15, 0.2) is 0 Å². The van der Waals surface area contributed by atoms with E-state index in [1.165, 1.54) is 13.5 Å². The molecule has 2 unspecified atom stereocenters. The van der Waals surface area contributed by atoms with Crippen molar-refractivity contribution in [1.29, 1.82) is 0 Å². The van der Waals surface area contributed by atoms with Crippen LogP contribution in [0.5, 0.6) is 0 Å².